The van der Waals surface area contributed by atoms with Crippen molar-refractivity contribution in [2.24, 2.45) is 0 Å². The third-order valence-electron chi connectivity index (χ3n) is 4.63. The maximum atomic E-state index is 13.2. The number of rotatable bonds is 5. The number of ether oxygens (including phenoxy) is 1. The Hall–Kier alpha value is -3.48. The van der Waals surface area contributed by atoms with E-state index >= 15 is 0 Å². The number of carbonyl (C=O) groups is 2. The van der Waals surface area contributed by atoms with Gasteiger partial charge in [-0.2, -0.15) is 0 Å². The van der Waals surface area contributed by atoms with Gasteiger partial charge in [-0.05, 0) is 67.6 Å². The van der Waals surface area contributed by atoms with Crippen molar-refractivity contribution in [3.63, 3.8) is 0 Å². The summed E-state index contributed by atoms with van der Waals surface area (Å²) in [5.41, 5.74) is 3.47. The maximum absolute atomic E-state index is 13.2. The molecule has 1 amide bonds. The van der Waals surface area contributed by atoms with Crippen molar-refractivity contribution < 1.29 is 14.3 Å². The number of benzene rings is 2. The van der Waals surface area contributed by atoms with Crippen LogP contribution >= 0.6 is 24.0 Å². The minimum atomic E-state index is -0.406. The molecule has 0 bridgehead atoms. The van der Waals surface area contributed by atoms with Gasteiger partial charge >= 0.3 is 5.97 Å². The average Bonchev–Trinajstić information content (AvgIpc) is 2.79. The van der Waals surface area contributed by atoms with Crippen LogP contribution in [0.4, 0.5) is 5.69 Å². The predicted octanol–water partition coefficient (Wildman–Crippen LogP) is 5.80. The second-order valence-corrected chi connectivity index (χ2v) is 7.15. The van der Waals surface area contributed by atoms with Gasteiger partial charge in [0.2, 0.25) is 0 Å². The second kappa shape index (κ2) is 10.2. The van der Waals surface area contributed by atoms with Crippen LogP contribution in [0.5, 0.6) is 0 Å². The number of hydrogen-bond acceptors (Lipinski definition) is 5. The summed E-state index contributed by atoms with van der Waals surface area (Å²) in [5, 5.41) is 4.02. The summed E-state index contributed by atoms with van der Waals surface area (Å²) in [4.78, 5) is 33.8. The Morgan fingerprint density at radius 1 is 1.06 bits per heavy atom. The molecule has 1 N–H and O–H groups in total. The topological polar surface area (TPSA) is 81.2 Å². The number of aromatic nitrogens is 2. The average molecular weight is 468 g/mol. The van der Waals surface area contributed by atoms with Crippen LogP contribution in [0.3, 0.4) is 0 Å². The highest BCUT2D eigenvalue weighted by Gasteiger charge is 2.15. The molecule has 4 rings (SSSR count). The Morgan fingerprint density at radius 3 is 2.53 bits per heavy atom. The van der Waals surface area contributed by atoms with Crippen LogP contribution in [0, 0.1) is 0 Å². The van der Waals surface area contributed by atoms with Crippen LogP contribution in [0.25, 0.3) is 22.2 Å². The molecule has 2 heterocycles. The summed E-state index contributed by atoms with van der Waals surface area (Å²) in [7, 11) is 0. The Bertz CT molecular complexity index is 1260. The maximum Gasteiger partial charge on any atom is 0.338 e. The van der Waals surface area contributed by atoms with Gasteiger partial charge in [-0.1, -0.05) is 11.6 Å². The van der Waals surface area contributed by atoms with Gasteiger partial charge in [0.05, 0.1) is 28.9 Å². The number of hydrogen-bond donors (Lipinski definition) is 1. The van der Waals surface area contributed by atoms with Gasteiger partial charge in [-0.3, -0.25) is 9.78 Å². The van der Waals surface area contributed by atoms with Gasteiger partial charge in [0.25, 0.3) is 5.91 Å². The fraction of sp³-hybridized carbons (Fsp3) is 0.0833. The predicted molar refractivity (Wildman–Crippen MR) is 128 cm³/mol. The Morgan fingerprint density at radius 2 is 1.84 bits per heavy atom. The molecule has 2 aromatic carbocycles. The van der Waals surface area contributed by atoms with E-state index in [9.17, 15) is 9.59 Å². The highest BCUT2D eigenvalue weighted by atomic mass is 35.5. The molecule has 162 valence electrons. The highest BCUT2D eigenvalue weighted by molar-refractivity contribution is 6.31. The summed E-state index contributed by atoms with van der Waals surface area (Å²) < 4.78 is 4.98. The summed E-state index contributed by atoms with van der Waals surface area (Å²) in [6.45, 7) is 2.05. The summed E-state index contributed by atoms with van der Waals surface area (Å²) in [5.74, 6) is -0.722. The summed E-state index contributed by atoms with van der Waals surface area (Å²) >= 11 is 6.17. The van der Waals surface area contributed by atoms with Gasteiger partial charge < -0.3 is 10.1 Å². The number of esters is 1. The minimum Gasteiger partial charge on any atom is -0.462 e. The number of pyridine rings is 2. The number of halogens is 2. The number of anilines is 1. The van der Waals surface area contributed by atoms with Crippen molar-refractivity contribution in [2.45, 2.75) is 6.92 Å². The normalized spacial score (nSPS) is 10.3. The number of nitrogens with zero attached hydrogens (tertiary/aromatic N) is 2. The molecule has 0 unspecified atom stereocenters. The Balaban J connectivity index is 0.00000289. The molecule has 0 atom stereocenters. The standard InChI is InChI=1S/C24H18ClN3O3.ClH/c1-2-31-24(30)15-5-8-18(9-6-15)27-23(29)20-13-22(16-4-3-11-26-14-16)28-21-10-7-17(25)12-19(20)21;/h3-14H,2H2,1H3,(H,27,29);1H. The monoisotopic (exact) mass is 467 g/mol. The lowest BCUT2D eigenvalue weighted by atomic mass is 10.0. The van der Waals surface area contributed by atoms with E-state index in [1.807, 2.05) is 12.1 Å². The minimum absolute atomic E-state index is 0. The van der Waals surface area contributed by atoms with Crippen molar-refractivity contribution in [1.82, 2.24) is 9.97 Å². The number of nitrogens with one attached hydrogen (secondary N) is 1. The van der Waals surface area contributed by atoms with Crippen LogP contribution in [0.2, 0.25) is 5.02 Å². The number of carbonyl (C=O) groups excluding carboxylic acids is 2. The lowest BCUT2D eigenvalue weighted by Gasteiger charge is -2.11. The molecular weight excluding hydrogens is 449 g/mol. The molecule has 0 aliphatic heterocycles. The third-order valence-corrected chi connectivity index (χ3v) is 4.86. The lowest BCUT2D eigenvalue weighted by Crippen LogP contribution is -2.13. The first-order valence-corrected chi connectivity index (χ1v) is 10.0. The molecule has 32 heavy (non-hydrogen) atoms. The fourth-order valence-electron chi connectivity index (χ4n) is 3.15. The molecule has 0 fully saturated rings. The molecule has 2 aromatic heterocycles. The van der Waals surface area contributed by atoms with Gasteiger partial charge in [-0.25, -0.2) is 9.78 Å². The highest BCUT2D eigenvalue weighted by Crippen LogP contribution is 2.27. The van der Waals surface area contributed by atoms with Crippen LogP contribution in [0.15, 0.2) is 73.1 Å². The smallest absolute Gasteiger partial charge is 0.338 e. The van der Waals surface area contributed by atoms with E-state index in [4.69, 9.17) is 16.3 Å². The zero-order valence-corrected chi connectivity index (χ0v) is 18.6. The van der Waals surface area contributed by atoms with E-state index in [2.05, 4.69) is 15.3 Å². The largest absolute Gasteiger partial charge is 0.462 e. The molecule has 4 aromatic rings. The first-order chi connectivity index (χ1) is 15.0. The van der Waals surface area contributed by atoms with Gasteiger partial charge in [0.15, 0.2) is 0 Å². The van der Waals surface area contributed by atoms with Gasteiger partial charge in [0, 0.05) is 34.1 Å². The SMILES string of the molecule is CCOC(=O)c1ccc(NC(=O)c2cc(-c3cccnc3)nc3ccc(Cl)cc23)cc1.Cl. The van der Waals surface area contributed by atoms with Gasteiger partial charge in [-0.15, -0.1) is 12.4 Å². The number of fused-ring (bicyclic) bond motifs is 1. The Labute approximate surface area is 196 Å². The molecule has 6 nitrogen and oxygen atoms in total. The quantitative estimate of drug-likeness (QED) is 0.375. The lowest BCUT2D eigenvalue weighted by molar-refractivity contribution is 0.0526. The van der Waals surface area contributed by atoms with E-state index in [0.29, 0.717) is 45.0 Å². The molecule has 8 heteroatoms. The number of amides is 1. The third kappa shape index (κ3) is 5.04. The van der Waals surface area contributed by atoms with Crippen LogP contribution < -0.4 is 5.32 Å². The summed E-state index contributed by atoms with van der Waals surface area (Å²) in [6.07, 6.45) is 3.37. The molecule has 0 aliphatic rings. The first kappa shape index (κ1) is 23.2. The van der Waals surface area contributed by atoms with E-state index in [0.717, 1.165) is 5.56 Å². The fourth-order valence-corrected chi connectivity index (χ4v) is 3.32. The zero-order chi connectivity index (χ0) is 21.8. The van der Waals surface area contributed by atoms with Gasteiger partial charge in [0.1, 0.15) is 0 Å². The van der Waals surface area contributed by atoms with Crippen molar-refractivity contribution in [1.29, 1.82) is 0 Å². The molecule has 0 radical (unpaired) electrons. The van der Waals surface area contributed by atoms with Crippen molar-refractivity contribution in [3.8, 4) is 11.3 Å². The molecular formula is C24H19Cl2N3O3. The van der Waals surface area contributed by atoms with E-state index in [-0.39, 0.29) is 18.3 Å². The van der Waals surface area contributed by atoms with Crippen molar-refractivity contribution in [2.75, 3.05) is 11.9 Å². The zero-order valence-electron chi connectivity index (χ0n) is 17.0. The van der Waals surface area contributed by atoms with Crippen LogP contribution in [0.1, 0.15) is 27.6 Å². The van der Waals surface area contributed by atoms with E-state index in [1.54, 1.807) is 67.8 Å². The van der Waals surface area contributed by atoms with Crippen LogP contribution in [-0.4, -0.2) is 28.5 Å². The van der Waals surface area contributed by atoms with Crippen molar-refractivity contribution >= 4 is 52.5 Å². The van der Waals surface area contributed by atoms with E-state index in [1.165, 1.54) is 0 Å². The molecule has 0 spiro atoms. The molecule has 0 saturated heterocycles. The van der Waals surface area contributed by atoms with Crippen LogP contribution in [-0.2, 0) is 4.74 Å². The Kier molecular flexibility index (Phi) is 7.41. The summed E-state index contributed by atoms with van der Waals surface area (Å²) in [6, 6.07) is 17.2. The molecule has 0 saturated carbocycles. The van der Waals surface area contributed by atoms with Crippen molar-refractivity contribution in [3.05, 3.63) is 89.2 Å². The first-order valence-electron chi connectivity index (χ1n) is 9.64. The van der Waals surface area contributed by atoms with E-state index < -0.39 is 5.97 Å². The molecule has 0 aliphatic carbocycles. The second-order valence-electron chi connectivity index (χ2n) is 6.71.